The van der Waals surface area contributed by atoms with Gasteiger partial charge < -0.3 is 14.4 Å². The van der Waals surface area contributed by atoms with Crippen molar-refractivity contribution >= 4 is 22.8 Å². The molecule has 0 spiro atoms. The highest BCUT2D eigenvalue weighted by Crippen LogP contribution is 2.27. The first-order chi connectivity index (χ1) is 10.4. The molecule has 0 unspecified atom stereocenters. The molecule has 0 atom stereocenters. The molecule has 0 saturated carbocycles. The third-order valence-corrected chi connectivity index (χ3v) is 3.99. The van der Waals surface area contributed by atoms with Crippen LogP contribution in [0.3, 0.4) is 0 Å². The Morgan fingerprint density at radius 2 is 2.00 bits per heavy atom. The van der Waals surface area contributed by atoms with Gasteiger partial charge in [-0.1, -0.05) is 12.1 Å². The molecule has 0 aliphatic rings. The van der Waals surface area contributed by atoms with Crippen LogP contribution in [0.15, 0.2) is 22.8 Å². The van der Waals surface area contributed by atoms with E-state index in [9.17, 15) is 9.59 Å². The SMILES string of the molecule is Cc1ccc2c(CC(=O)N(C)CCCC(=O)O)coc2c1C. The van der Waals surface area contributed by atoms with Crippen LogP contribution in [0.25, 0.3) is 11.0 Å². The Morgan fingerprint density at radius 3 is 2.68 bits per heavy atom. The Balaban J connectivity index is 2.06. The third kappa shape index (κ3) is 3.47. The minimum atomic E-state index is -0.840. The molecule has 0 saturated heterocycles. The lowest BCUT2D eigenvalue weighted by Crippen LogP contribution is -2.29. The topological polar surface area (TPSA) is 70.8 Å². The maximum atomic E-state index is 12.2. The van der Waals surface area contributed by atoms with E-state index in [1.54, 1.807) is 18.2 Å². The Bertz CT molecular complexity index is 702. The lowest BCUT2D eigenvalue weighted by atomic mass is 10.0. The zero-order chi connectivity index (χ0) is 16.3. The molecular weight excluding hydrogens is 282 g/mol. The van der Waals surface area contributed by atoms with Crippen LogP contribution in [-0.4, -0.2) is 35.5 Å². The van der Waals surface area contributed by atoms with Crippen LogP contribution in [0.2, 0.25) is 0 Å². The molecule has 5 nitrogen and oxygen atoms in total. The predicted molar refractivity (Wildman–Crippen MR) is 83.9 cm³/mol. The predicted octanol–water partition coefficient (Wildman–Crippen LogP) is 2.92. The molecule has 2 aromatic rings. The van der Waals surface area contributed by atoms with E-state index >= 15 is 0 Å². The average molecular weight is 303 g/mol. The van der Waals surface area contributed by atoms with Crippen LogP contribution in [0.4, 0.5) is 0 Å². The van der Waals surface area contributed by atoms with E-state index in [4.69, 9.17) is 9.52 Å². The zero-order valence-electron chi connectivity index (χ0n) is 13.2. The maximum absolute atomic E-state index is 12.2. The van der Waals surface area contributed by atoms with Gasteiger partial charge >= 0.3 is 5.97 Å². The number of likely N-dealkylation sites (N-methyl/N-ethyl adjacent to an activating group) is 1. The fourth-order valence-corrected chi connectivity index (χ4v) is 2.42. The maximum Gasteiger partial charge on any atom is 0.303 e. The van der Waals surface area contributed by atoms with Gasteiger partial charge in [-0.15, -0.1) is 0 Å². The van der Waals surface area contributed by atoms with Crippen LogP contribution in [-0.2, 0) is 16.0 Å². The van der Waals surface area contributed by atoms with Gasteiger partial charge in [0.25, 0.3) is 0 Å². The Morgan fingerprint density at radius 1 is 1.27 bits per heavy atom. The first-order valence-corrected chi connectivity index (χ1v) is 7.32. The summed E-state index contributed by atoms with van der Waals surface area (Å²) < 4.78 is 5.61. The lowest BCUT2D eigenvalue weighted by molar-refractivity contribution is -0.138. The van der Waals surface area contributed by atoms with Crippen molar-refractivity contribution < 1.29 is 19.1 Å². The van der Waals surface area contributed by atoms with Crippen LogP contribution in [0.5, 0.6) is 0 Å². The van der Waals surface area contributed by atoms with Gasteiger partial charge in [-0.3, -0.25) is 9.59 Å². The molecule has 5 heteroatoms. The average Bonchev–Trinajstić information content (AvgIpc) is 2.86. The van der Waals surface area contributed by atoms with E-state index in [1.807, 2.05) is 26.0 Å². The van der Waals surface area contributed by atoms with Crippen molar-refractivity contribution in [3.05, 3.63) is 35.1 Å². The van der Waals surface area contributed by atoms with Crippen LogP contribution >= 0.6 is 0 Å². The number of carboxylic acid groups (broad SMARTS) is 1. The summed E-state index contributed by atoms with van der Waals surface area (Å²) in [7, 11) is 1.70. The quantitative estimate of drug-likeness (QED) is 0.890. The zero-order valence-corrected chi connectivity index (χ0v) is 13.2. The number of carbonyl (C=O) groups excluding carboxylic acids is 1. The summed E-state index contributed by atoms with van der Waals surface area (Å²) in [4.78, 5) is 24.3. The normalized spacial score (nSPS) is 10.9. The molecule has 0 bridgehead atoms. The van der Waals surface area contributed by atoms with Crippen molar-refractivity contribution in [3.8, 4) is 0 Å². The molecule has 1 aromatic heterocycles. The van der Waals surface area contributed by atoms with Gasteiger partial charge in [0, 0.05) is 31.0 Å². The number of rotatable bonds is 6. The van der Waals surface area contributed by atoms with Crippen LogP contribution in [0, 0.1) is 13.8 Å². The van der Waals surface area contributed by atoms with Crippen molar-refractivity contribution in [2.75, 3.05) is 13.6 Å². The number of hydrogen-bond acceptors (Lipinski definition) is 3. The van der Waals surface area contributed by atoms with Crippen molar-refractivity contribution in [1.29, 1.82) is 0 Å². The number of benzene rings is 1. The van der Waals surface area contributed by atoms with Crippen LogP contribution in [0.1, 0.15) is 29.5 Å². The Labute approximate surface area is 129 Å². The number of fused-ring (bicyclic) bond motifs is 1. The van der Waals surface area contributed by atoms with Crippen molar-refractivity contribution in [3.63, 3.8) is 0 Å². The minimum Gasteiger partial charge on any atom is -0.481 e. The molecule has 22 heavy (non-hydrogen) atoms. The smallest absolute Gasteiger partial charge is 0.303 e. The summed E-state index contributed by atoms with van der Waals surface area (Å²) in [6, 6.07) is 4.01. The monoisotopic (exact) mass is 303 g/mol. The highest BCUT2D eigenvalue weighted by Gasteiger charge is 2.15. The largest absolute Gasteiger partial charge is 0.481 e. The fourth-order valence-electron chi connectivity index (χ4n) is 2.42. The van der Waals surface area contributed by atoms with Gasteiger partial charge in [0.2, 0.25) is 5.91 Å². The van der Waals surface area contributed by atoms with E-state index in [-0.39, 0.29) is 18.7 Å². The number of aliphatic carboxylic acids is 1. The second kappa shape index (κ2) is 6.64. The number of furan rings is 1. The van der Waals surface area contributed by atoms with Gasteiger partial charge in [-0.2, -0.15) is 0 Å². The van der Waals surface area contributed by atoms with E-state index < -0.39 is 5.97 Å². The molecule has 1 heterocycles. The van der Waals surface area contributed by atoms with E-state index in [0.717, 1.165) is 27.7 Å². The molecule has 0 aliphatic heterocycles. The van der Waals surface area contributed by atoms with Gasteiger partial charge in [-0.05, 0) is 31.4 Å². The molecule has 0 fully saturated rings. The molecule has 0 aliphatic carbocycles. The molecule has 1 N–H and O–H groups in total. The second-order valence-electron chi connectivity index (χ2n) is 5.63. The summed E-state index contributed by atoms with van der Waals surface area (Å²) in [5.41, 5.74) is 3.95. The summed E-state index contributed by atoms with van der Waals surface area (Å²) in [6.45, 7) is 4.47. The first kappa shape index (κ1) is 16.1. The standard InChI is InChI=1S/C17H21NO4/c1-11-6-7-14-13(10-22-17(14)12(11)2)9-15(19)18(3)8-4-5-16(20)21/h6-7,10H,4-5,8-9H2,1-3H3,(H,20,21). The summed E-state index contributed by atoms with van der Waals surface area (Å²) in [5.74, 6) is -0.876. The number of aryl methyl sites for hydroxylation is 2. The second-order valence-corrected chi connectivity index (χ2v) is 5.63. The molecule has 118 valence electrons. The third-order valence-electron chi connectivity index (χ3n) is 3.99. The van der Waals surface area contributed by atoms with E-state index in [0.29, 0.717) is 13.0 Å². The van der Waals surface area contributed by atoms with Crippen molar-refractivity contribution in [2.45, 2.75) is 33.1 Å². The molecule has 1 aromatic carbocycles. The lowest BCUT2D eigenvalue weighted by Gasteiger charge is -2.16. The summed E-state index contributed by atoms with van der Waals surface area (Å²) in [6.07, 6.45) is 2.44. The Kier molecular flexibility index (Phi) is 4.85. The number of carbonyl (C=O) groups is 2. The summed E-state index contributed by atoms with van der Waals surface area (Å²) >= 11 is 0. The highest BCUT2D eigenvalue weighted by molar-refractivity contribution is 5.89. The molecule has 2 rings (SSSR count). The van der Waals surface area contributed by atoms with Crippen molar-refractivity contribution in [1.82, 2.24) is 4.90 Å². The van der Waals surface area contributed by atoms with E-state index in [1.165, 1.54) is 0 Å². The van der Waals surface area contributed by atoms with E-state index in [2.05, 4.69) is 0 Å². The fraction of sp³-hybridized carbons (Fsp3) is 0.412. The number of carboxylic acids is 1. The van der Waals surface area contributed by atoms with Crippen molar-refractivity contribution in [2.24, 2.45) is 0 Å². The first-order valence-electron chi connectivity index (χ1n) is 7.32. The van der Waals surface area contributed by atoms with Crippen LogP contribution < -0.4 is 0 Å². The Hall–Kier alpha value is -2.30. The van der Waals surface area contributed by atoms with Gasteiger partial charge in [0.05, 0.1) is 12.7 Å². The molecular formula is C17H21NO4. The number of amides is 1. The molecule has 0 radical (unpaired) electrons. The van der Waals surface area contributed by atoms with Gasteiger partial charge in [0.1, 0.15) is 5.58 Å². The highest BCUT2D eigenvalue weighted by atomic mass is 16.4. The minimum absolute atomic E-state index is 0.0358. The summed E-state index contributed by atoms with van der Waals surface area (Å²) in [5, 5.41) is 9.59. The molecule has 1 amide bonds. The van der Waals surface area contributed by atoms with Gasteiger partial charge in [-0.25, -0.2) is 0 Å². The van der Waals surface area contributed by atoms with Gasteiger partial charge in [0.15, 0.2) is 0 Å². The number of hydrogen-bond donors (Lipinski definition) is 1. The number of nitrogens with zero attached hydrogens (tertiary/aromatic N) is 1.